The number of ether oxygens (including phenoxy) is 1. The van der Waals surface area contributed by atoms with Gasteiger partial charge in [0.15, 0.2) is 0 Å². The Morgan fingerprint density at radius 1 is 1.35 bits per heavy atom. The van der Waals surface area contributed by atoms with Crippen molar-refractivity contribution in [3.8, 4) is 0 Å². The highest BCUT2D eigenvalue weighted by Crippen LogP contribution is 2.18. The van der Waals surface area contributed by atoms with Crippen LogP contribution in [0.2, 0.25) is 0 Å². The third-order valence-electron chi connectivity index (χ3n) is 2.48. The van der Waals surface area contributed by atoms with Crippen LogP contribution in [0.15, 0.2) is 24.3 Å². The highest BCUT2D eigenvalue weighted by atomic mass is 16.5. The van der Waals surface area contributed by atoms with Crippen LogP contribution in [0.1, 0.15) is 43.1 Å². The van der Waals surface area contributed by atoms with Gasteiger partial charge in [-0.1, -0.05) is 32.9 Å². The first kappa shape index (κ1) is 13.7. The summed E-state index contributed by atoms with van der Waals surface area (Å²) in [4.78, 5) is 11.7. The second-order valence-electron chi connectivity index (χ2n) is 5.35. The Labute approximate surface area is 103 Å². The molecule has 2 N–H and O–H groups in total. The second-order valence-corrected chi connectivity index (χ2v) is 5.35. The molecule has 0 aliphatic carbocycles. The lowest BCUT2D eigenvalue weighted by atomic mass is 9.93. The molecule has 0 saturated carbocycles. The summed E-state index contributed by atoms with van der Waals surface area (Å²) in [7, 11) is 0. The largest absolute Gasteiger partial charge is 0.462 e. The standard InChI is InChI=1S/C14H21NO2/c1-14(2,3)7-8-17-13(16)12-6-4-5-11(9-12)10-15/h4-6,9H,7-8,10,15H2,1-3H3. The zero-order valence-corrected chi connectivity index (χ0v) is 10.8. The summed E-state index contributed by atoms with van der Waals surface area (Å²) in [5.74, 6) is -0.274. The van der Waals surface area contributed by atoms with Gasteiger partial charge in [0, 0.05) is 6.54 Å². The van der Waals surface area contributed by atoms with Crippen molar-refractivity contribution < 1.29 is 9.53 Å². The first-order valence-corrected chi connectivity index (χ1v) is 5.88. The van der Waals surface area contributed by atoms with Crippen LogP contribution < -0.4 is 5.73 Å². The van der Waals surface area contributed by atoms with Crippen molar-refractivity contribution in [1.82, 2.24) is 0 Å². The Bertz CT molecular complexity index is 380. The molecule has 0 bridgehead atoms. The molecule has 0 radical (unpaired) electrons. The van der Waals surface area contributed by atoms with Gasteiger partial charge in [-0.25, -0.2) is 4.79 Å². The third kappa shape index (κ3) is 5.00. The molecule has 3 nitrogen and oxygen atoms in total. The summed E-state index contributed by atoms with van der Waals surface area (Å²) in [6, 6.07) is 7.24. The number of nitrogens with two attached hydrogens (primary N) is 1. The molecule has 1 aromatic carbocycles. The van der Waals surface area contributed by atoms with E-state index >= 15 is 0 Å². The first-order valence-electron chi connectivity index (χ1n) is 5.88. The van der Waals surface area contributed by atoms with E-state index in [9.17, 15) is 4.79 Å². The molecule has 0 aliphatic rings. The number of hydrogen-bond donors (Lipinski definition) is 1. The number of hydrogen-bond acceptors (Lipinski definition) is 3. The summed E-state index contributed by atoms with van der Waals surface area (Å²) in [5.41, 5.74) is 7.22. The molecule has 0 atom stereocenters. The van der Waals surface area contributed by atoms with Gasteiger partial charge in [-0.05, 0) is 29.5 Å². The van der Waals surface area contributed by atoms with Crippen molar-refractivity contribution in [2.45, 2.75) is 33.7 Å². The van der Waals surface area contributed by atoms with Gasteiger partial charge < -0.3 is 10.5 Å². The fraction of sp³-hybridized carbons (Fsp3) is 0.500. The minimum atomic E-state index is -0.274. The SMILES string of the molecule is CC(C)(C)CCOC(=O)c1cccc(CN)c1. The molecular formula is C14H21NO2. The molecule has 1 aromatic rings. The van der Waals surface area contributed by atoms with Gasteiger partial charge in [-0.15, -0.1) is 0 Å². The van der Waals surface area contributed by atoms with Crippen molar-refractivity contribution in [2.75, 3.05) is 6.61 Å². The second kappa shape index (κ2) is 5.82. The lowest BCUT2D eigenvalue weighted by Crippen LogP contribution is -2.13. The average Bonchev–Trinajstić information content (AvgIpc) is 2.27. The fourth-order valence-electron chi connectivity index (χ4n) is 1.36. The van der Waals surface area contributed by atoms with Crippen molar-refractivity contribution >= 4 is 5.97 Å². The number of carbonyl (C=O) groups is 1. The van der Waals surface area contributed by atoms with Crippen LogP contribution in [0.3, 0.4) is 0 Å². The number of benzene rings is 1. The van der Waals surface area contributed by atoms with Gasteiger partial charge in [0.25, 0.3) is 0 Å². The molecule has 0 heterocycles. The molecule has 0 fully saturated rings. The molecule has 0 spiro atoms. The normalized spacial score (nSPS) is 11.3. The first-order chi connectivity index (χ1) is 7.92. The molecule has 3 heteroatoms. The van der Waals surface area contributed by atoms with E-state index in [2.05, 4.69) is 20.8 Å². The molecule has 0 aromatic heterocycles. The van der Waals surface area contributed by atoms with Crippen LogP contribution in [0, 0.1) is 5.41 Å². The van der Waals surface area contributed by atoms with Crippen molar-refractivity contribution in [3.05, 3.63) is 35.4 Å². The summed E-state index contributed by atoms with van der Waals surface area (Å²) in [6.45, 7) is 7.25. The van der Waals surface area contributed by atoms with Crippen molar-refractivity contribution in [2.24, 2.45) is 11.1 Å². The minimum Gasteiger partial charge on any atom is -0.462 e. The van der Waals surface area contributed by atoms with E-state index in [-0.39, 0.29) is 11.4 Å². The third-order valence-corrected chi connectivity index (χ3v) is 2.48. The van der Waals surface area contributed by atoms with Gasteiger partial charge in [0.05, 0.1) is 12.2 Å². The minimum absolute atomic E-state index is 0.180. The molecule has 0 unspecified atom stereocenters. The Morgan fingerprint density at radius 2 is 2.06 bits per heavy atom. The highest BCUT2D eigenvalue weighted by Gasteiger charge is 2.12. The summed E-state index contributed by atoms with van der Waals surface area (Å²) in [5, 5.41) is 0. The molecule has 17 heavy (non-hydrogen) atoms. The van der Waals surface area contributed by atoms with E-state index in [1.54, 1.807) is 12.1 Å². The molecule has 0 saturated heterocycles. The molecule has 94 valence electrons. The van der Waals surface area contributed by atoms with Gasteiger partial charge in [-0.2, -0.15) is 0 Å². The summed E-state index contributed by atoms with van der Waals surface area (Å²) in [6.07, 6.45) is 0.856. The Balaban J connectivity index is 2.52. The lowest BCUT2D eigenvalue weighted by Gasteiger charge is -2.17. The Kier molecular flexibility index (Phi) is 4.70. The number of esters is 1. The predicted octanol–water partition coefficient (Wildman–Crippen LogP) is 2.74. The van der Waals surface area contributed by atoms with Crippen LogP contribution in [0.25, 0.3) is 0 Å². The summed E-state index contributed by atoms with van der Waals surface area (Å²) < 4.78 is 5.22. The monoisotopic (exact) mass is 235 g/mol. The Hall–Kier alpha value is -1.35. The van der Waals surface area contributed by atoms with Crippen LogP contribution in [-0.2, 0) is 11.3 Å². The molecule has 0 aliphatic heterocycles. The zero-order chi connectivity index (χ0) is 12.9. The van der Waals surface area contributed by atoms with E-state index in [0.717, 1.165) is 12.0 Å². The zero-order valence-electron chi connectivity index (χ0n) is 10.8. The van der Waals surface area contributed by atoms with Crippen LogP contribution in [-0.4, -0.2) is 12.6 Å². The van der Waals surface area contributed by atoms with Gasteiger partial charge >= 0.3 is 5.97 Å². The quantitative estimate of drug-likeness (QED) is 0.816. The van der Waals surface area contributed by atoms with Gasteiger partial charge in [0.2, 0.25) is 0 Å². The molecule has 1 rings (SSSR count). The lowest BCUT2D eigenvalue weighted by molar-refractivity contribution is 0.0465. The number of carbonyl (C=O) groups excluding carboxylic acids is 1. The van der Waals surface area contributed by atoms with E-state index in [4.69, 9.17) is 10.5 Å². The Morgan fingerprint density at radius 3 is 2.65 bits per heavy atom. The predicted molar refractivity (Wildman–Crippen MR) is 68.7 cm³/mol. The van der Waals surface area contributed by atoms with Gasteiger partial charge in [0.1, 0.15) is 0 Å². The molecular weight excluding hydrogens is 214 g/mol. The van der Waals surface area contributed by atoms with Crippen molar-refractivity contribution in [1.29, 1.82) is 0 Å². The van der Waals surface area contributed by atoms with Crippen LogP contribution in [0.4, 0.5) is 0 Å². The number of rotatable bonds is 4. The highest BCUT2D eigenvalue weighted by molar-refractivity contribution is 5.89. The van der Waals surface area contributed by atoms with E-state index < -0.39 is 0 Å². The smallest absolute Gasteiger partial charge is 0.338 e. The fourth-order valence-corrected chi connectivity index (χ4v) is 1.36. The van der Waals surface area contributed by atoms with E-state index in [0.29, 0.717) is 18.7 Å². The molecule has 0 amide bonds. The maximum Gasteiger partial charge on any atom is 0.338 e. The van der Waals surface area contributed by atoms with E-state index in [1.165, 1.54) is 0 Å². The summed E-state index contributed by atoms with van der Waals surface area (Å²) >= 11 is 0. The topological polar surface area (TPSA) is 52.3 Å². The average molecular weight is 235 g/mol. The van der Waals surface area contributed by atoms with Crippen molar-refractivity contribution in [3.63, 3.8) is 0 Å². The van der Waals surface area contributed by atoms with E-state index in [1.807, 2.05) is 12.1 Å². The van der Waals surface area contributed by atoms with Crippen LogP contribution >= 0.6 is 0 Å². The van der Waals surface area contributed by atoms with Crippen LogP contribution in [0.5, 0.6) is 0 Å². The maximum absolute atomic E-state index is 11.7. The van der Waals surface area contributed by atoms with Gasteiger partial charge in [-0.3, -0.25) is 0 Å². The maximum atomic E-state index is 11.7.